The first-order valence-electron chi connectivity index (χ1n) is 11.3. The Morgan fingerprint density at radius 1 is 1.15 bits per heavy atom. The van der Waals surface area contributed by atoms with Gasteiger partial charge < -0.3 is 29.6 Å². The van der Waals surface area contributed by atoms with E-state index in [1.807, 2.05) is 0 Å². The lowest BCUT2D eigenvalue weighted by Gasteiger charge is -2.30. The summed E-state index contributed by atoms with van der Waals surface area (Å²) in [7, 11) is -1.33. The largest absolute Gasteiger partial charge is 0.547 e. The highest BCUT2D eigenvalue weighted by Gasteiger charge is 2.38. The number of aliphatic hydroxyl groups excluding tert-OH is 1. The summed E-state index contributed by atoms with van der Waals surface area (Å²) in [4.78, 5) is 36.8. The van der Waals surface area contributed by atoms with Crippen LogP contribution in [0.3, 0.4) is 0 Å². The van der Waals surface area contributed by atoms with Crippen LogP contribution in [0.1, 0.15) is 68.8 Å². The van der Waals surface area contributed by atoms with Crippen LogP contribution in [0.25, 0.3) is 0 Å². The molecule has 1 heterocycles. The van der Waals surface area contributed by atoms with Crippen molar-refractivity contribution in [3.05, 3.63) is 29.3 Å². The molecule has 10 heteroatoms. The average Bonchev–Trinajstić information content (AvgIpc) is 2.74. The van der Waals surface area contributed by atoms with Crippen LogP contribution in [-0.4, -0.2) is 53.9 Å². The van der Waals surface area contributed by atoms with Crippen molar-refractivity contribution in [1.82, 2.24) is 5.32 Å². The lowest BCUT2D eigenvalue weighted by Crippen LogP contribution is -2.53. The van der Waals surface area contributed by atoms with Crippen LogP contribution >= 0.6 is 0 Å². The zero-order valence-electron chi connectivity index (χ0n) is 19.3. The van der Waals surface area contributed by atoms with Crippen molar-refractivity contribution < 1.29 is 38.6 Å². The monoisotopic (exact) mass is 461 g/mol. The van der Waals surface area contributed by atoms with Gasteiger partial charge in [0.25, 0.3) is 0 Å². The number of benzene rings is 1. The Kier molecular flexibility index (Phi) is 8.02. The summed E-state index contributed by atoms with van der Waals surface area (Å²) in [5.74, 6) is -1.68. The first kappa shape index (κ1) is 25.0. The van der Waals surface area contributed by atoms with Crippen LogP contribution in [-0.2, 0) is 25.5 Å². The minimum atomic E-state index is -1.33. The van der Waals surface area contributed by atoms with Crippen molar-refractivity contribution in [1.29, 1.82) is 0 Å². The third-order valence-electron chi connectivity index (χ3n) is 5.97. The number of fused-ring (bicyclic) bond motifs is 1. The molecule has 0 spiro atoms. The third-order valence-corrected chi connectivity index (χ3v) is 5.97. The minimum Gasteiger partial charge on any atom is -0.534 e. The molecule has 3 rings (SSSR count). The molecular weight excluding hydrogens is 429 g/mol. The molecule has 1 saturated carbocycles. The van der Waals surface area contributed by atoms with Crippen LogP contribution in [0.5, 0.6) is 5.75 Å². The molecule has 0 unspecified atom stereocenters. The summed E-state index contributed by atoms with van der Waals surface area (Å²) >= 11 is 0. The number of carbonyl (C=O) groups excluding carboxylic acids is 3. The van der Waals surface area contributed by atoms with Gasteiger partial charge in [0.2, 0.25) is 12.7 Å². The molecule has 180 valence electrons. The molecule has 0 radical (unpaired) electrons. The van der Waals surface area contributed by atoms with Crippen LogP contribution < -0.4 is 9.97 Å². The van der Waals surface area contributed by atoms with Crippen LogP contribution in [0.2, 0.25) is 0 Å². The normalized spacial score (nSPS) is 22.6. The molecule has 0 bridgehead atoms. The molecule has 1 aromatic carbocycles. The smallest absolute Gasteiger partial charge is 0.534 e. The maximum absolute atomic E-state index is 12.5. The Labute approximate surface area is 193 Å². The number of aliphatic hydroxyl groups is 1. The van der Waals surface area contributed by atoms with Crippen LogP contribution in [0, 0.1) is 11.3 Å². The first-order chi connectivity index (χ1) is 15.5. The molecule has 3 N–H and O–H groups in total. The lowest BCUT2D eigenvalue weighted by molar-refractivity contribution is -0.161. The van der Waals surface area contributed by atoms with Crippen molar-refractivity contribution >= 4 is 25.0 Å². The van der Waals surface area contributed by atoms with Gasteiger partial charge in [-0.1, -0.05) is 12.1 Å². The van der Waals surface area contributed by atoms with Gasteiger partial charge in [-0.2, -0.15) is 0 Å². The SMILES string of the molecule is CC(C)(C)C(=O)OCOC(=O)c1cccc2c1OB(O)[C@@H](NC(=O)CC1CCC(O)CC1)C2. The minimum absolute atomic E-state index is 0.101. The van der Waals surface area contributed by atoms with Gasteiger partial charge in [-0.15, -0.1) is 0 Å². The molecule has 33 heavy (non-hydrogen) atoms. The van der Waals surface area contributed by atoms with E-state index in [0.29, 0.717) is 24.8 Å². The van der Waals surface area contributed by atoms with E-state index in [1.54, 1.807) is 32.9 Å². The molecule has 1 aliphatic heterocycles. The standard InChI is InChI=1S/C23H32BNO8/c1-23(2,3)22(29)32-13-31-21(28)17-6-4-5-15-12-18(24(30)33-20(15)17)25-19(27)11-14-7-9-16(26)10-8-14/h4-6,14,16,18,26,30H,7-13H2,1-3H3,(H,25,27)/t14?,16?,18-/m0/s1. The topological polar surface area (TPSA) is 131 Å². The van der Waals surface area contributed by atoms with Gasteiger partial charge in [0, 0.05) is 6.42 Å². The second-order valence-electron chi connectivity index (χ2n) is 9.79. The van der Waals surface area contributed by atoms with Gasteiger partial charge in [0.15, 0.2) is 0 Å². The molecular formula is C23H32BNO8. The molecule has 1 atom stereocenters. The predicted molar refractivity (Wildman–Crippen MR) is 119 cm³/mol. The quantitative estimate of drug-likeness (QED) is 0.332. The fourth-order valence-electron chi connectivity index (χ4n) is 4.02. The Morgan fingerprint density at radius 3 is 2.52 bits per heavy atom. The maximum atomic E-state index is 12.5. The summed E-state index contributed by atoms with van der Waals surface area (Å²) in [6, 6.07) is 4.90. The van der Waals surface area contributed by atoms with E-state index in [0.717, 1.165) is 12.8 Å². The Bertz CT molecular complexity index is 876. The predicted octanol–water partition coefficient (Wildman–Crippen LogP) is 1.77. The molecule has 1 fully saturated rings. The fraction of sp³-hybridized carbons (Fsp3) is 0.609. The van der Waals surface area contributed by atoms with Gasteiger partial charge >= 0.3 is 19.1 Å². The summed E-state index contributed by atoms with van der Waals surface area (Å²) in [5, 5.41) is 22.9. The molecule has 9 nitrogen and oxygen atoms in total. The molecule has 0 aromatic heterocycles. The van der Waals surface area contributed by atoms with E-state index in [9.17, 15) is 24.5 Å². The highest BCUT2D eigenvalue weighted by Crippen LogP contribution is 2.31. The van der Waals surface area contributed by atoms with E-state index in [2.05, 4.69) is 5.32 Å². The van der Waals surface area contributed by atoms with Crippen LogP contribution in [0.15, 0.2) is 18.2 Å². The first-order valence-corrected chi connectivity index (χ1v) is 11.3. The van der Waals surface area contributed by atoms with Gasteiger partial charge in [-0.25, -0.2) is 4.79 Å². The number of ether oxygens (including phenoxy) is 2. The van der Waals surface area contributed by atoms with E-state index in [4.69, 9.17) is 14.1 Å². The zero-order valence-corrected chi connectivity index (χ0v) is 19.3. The number of amides is 1. The number of nitrogens with one attached hydrogen (secondary N) is 1. The van der Waals surface area contributed by atoms with E-state index in [1.165, 1.54) is 6.07 Å². The van der Waals surface area contributed by atoms with Crippen molar-refractivity contribution in [3.8, 4) is 5.75 Å². The Morgan fingerprint density at radius 2 is 1.85 bits per heavy atom. The number of hydrogen-bond acceptors (Lipinski definition) is 8. The van der Waals surface area contributed by atoms with E-state index in [-0.39, 0.29) is 35.7 Å². The summed E-state index contributed by atoms with van der Waals surface area (Å²) < 4.78 is 15.6. The molecule has 1 amide bonds. The molecule has 1 aliphatic carbocycles. The number of rotatable bonds is 6. The van der Waals surface area contributed by atoms with Gasteiger partial charge in [-0.3, -0.25) is 9.59 Å². The van der Waals surface area contributed by atoms with Gasteiger partial charge in [0.05, 0.1) is 17.5 Å². The Balaban J connectivity index is 1.57. The molecule has 2 aliphatic rings. The van der Waals surface area contributed by atoms with Crippen molar-refractivity contribution in [2.24, 2.45) is 11.3 Å². The fourth-order valence-corrected chi connectivity index (χ4v) is 4.02. The van der Waals surface area contributed by atoms with Crippen molar-refractivity contribution in [2.75, 3.05) is 6.79 Å². The summed E-state index contributed by atoms with van der Waals surface area (Å²) in [6.45, 7) is 4.54. The van der Waals surface area contributed by atoms with Crippen molar-refractivity contribution in [3.63, 3.8) is 0 Å². The molecule has 0 saturated heterocycles. The third kappa shape index (κ3) is 6.71. The van der Waals surface area contributed by atoms with E-state index >= 15 is 0 Å². The van der Waals surface area contributed by atoms with Gasteiger partial charge in [0.1, 0.15) is 11.3 Å². The lowest BCUT2D eigenvalue weighted by atomic mass is 9.72. The van der Waals surface area contributed by atoms with Crippen molar-refractivity contribution in [2.45, 2.75) is 71.3 Å². The maximum Gasteiger partial charge on any atom is 0.547 e. The number of hydrogen-bond donors (Lipinski definition) is 3. The molecule has 1 aromatic rings. The number of esters is 2. The summed E-state index contributed by atoms with van der Waals surface area (Å²) in [6.07, 6.45) is 3.36. The second kappa shape index (κ2) is 10.6. The highest BCUT2D eigenvalue weighted by atomic mass is 16.7. The number of carbonyl (C=O) groups is 3. The number of para-hydroxylation sites is 1. The zero-order chi connectivity index (χ0) is 24.2. The highest BCUT2D eigenvalue weighted by molar-refractivity contribution is 6.47. The average molecular weight is 461 g/mol. The second-order valence-corrected chi connectivity index (χ2v) is 9.79. The van der Waals surface area contributed by atoms with Crippen LogP contribution in [0.4, 0.5) is 0 Å². The van der Waals surface area contributed by atoms with Gasteiger partial charge in [-0.05, 0) is 70.4 Å². The summed E-state index contributed by atoms with van der Waals surface area (Å²) in [5.41, 5.74) is 0.0277. The van der Waals surface area contributed by atoms with E-state index < -0.39 is 37.2 Å². The Hall–Kier alpha value is -2.59.